The largest absolute Gasteiger partial charge is 0.445 e. The van der Waals surface area contributed by atoms with Crippen molar-refractivity contribution in [1.29, 1.82) is 0 Å². The van der Waals surface area contributed by atoms with Gasteiger partial charge in [0.25, 0.3) is 0 Å². The molecule has 2 bridgehead atoms. The molecule has 3 aliphatic rings. The van der Waals surface area contributed by atoms with E-state index < -0.39 is 17.2 Å². The standard InChI is InChI=1S/C20H16F3N5O3S/c21-20(22,23)17-26-27-19(32-17)25-18(31)24-8-9-1-5-12(6-2-9)28-15(29)13-10-3-4-11(7-10)14(13)16(28)30/h1-6,10-11,13-14H,7-8H2,(H2,24,25,27,31). The predicted molar refractivity (Wildman–Crippen MR) is 107 cm³/mol. The summed E-state index contributed by atoms with van der Waals surface area (Å²) in [7, 11) is 0. The number of allylic oxidation sites excluding steroid dienone is 2. The fourth-order valence-electron chi connectivity index (χ4n) is 4.63. The van der Waals surface area contributed by atoms with Gasteiger partial charge < -0.3 is 5.32 Å². The van der Waals surface area contributed by atoms with Crippen LogP contribution in [0, 0.1) is 23.7 Å². The number of imide groups is 1. The number of hydrogen-bond acceptors (Lipinski definition) is 6. The lowest BCUT2D eigenvalue weighted by molar-refractivity contribution is -0.138. The van der Waals surface area contributed by atoms with Gasteiger partial charge in [0.1, 0.15) is 0 Å². The van der Waals surface area contributed by atoms with Crippen LogP contribution in [0.1, 0.15) is 17.0 Å². The normalized spacial score (nSPS) is 26.0. The molecule has 1 aliphatic heterocycles. The highest BCUT2D eigenvalue weighted by molar-refractivity contribution is 7.15. The summed E-state index contributed by atoms with van der Waals surface area (Å²) in [4.78, 5) is 38.9. The van der Waals surface area contributed by atoms with E-state index in [1.165, 1.54) is 4.90 Å². The van der Waals surface area contributed by atoms with Crippen LogP contribution < -0.4 is 15.5 Å². The quantitative estimate of drug-likeness (QED) is 0.535. The number of nitrogens with zero attached hydrogens (tertiary/aromatic N) is 3. The molecule has 5 rings (SSSR count). The first kappa shape index (κ1) is 20.6. The molecule has 0 radical (unpaired) electrons. The highest BCUT2D eigenvalue weighted by Crippen LogP contribution is 2.53. The van der Waals surface area contributed by atoms with Crippen LogP contribution in [0.25, 0.3) is 0 Å². The van der Waals surface area contributed by atoms with Crippen molar-refractivity contribution >= 4 is 40.0 Å². The fourth-order valence-corrected chi connectivity index (χ4v) is 5.24. The number of urea groups is 1. The average Bonchev–Trinajstić information content (AvgIpc) is 3.51. The number of hydrogen-bond donors (Lipinski definition) is 2. The Morgan fingerprint density at radius 1 is 1.06 bits per heavy atom. The number of carbonyl (C=O) groups excluding carboxylic acids is 3. The molecule has 1 aromatic heterocycles. The van der Waals surface area contributed by atoms with Crippen molar-refractivity contribution < 1.29 is 27.6 Å². The third kappa shape index (κ3) is 3.44. The summed E-state index contributed by atoms with van der Waals surface area (Å²) >= 11 is 0.225. The number of anilines is 2. The SMILES string of the molecule is O=C(NCc1ccc(N2C(=O)C3C4C=CC(C4)C3C2=O)cc1)Nc1nnc(C(F)(F)F)s1. The number of nitrogens with one attached hydrogen (secondary N) is 2. The molecule has 166 valence electrons. The minimum Gasteiger partial charge on any atom is -0.334 e. The minimum atomic E-state index is -4.62. The highest BCUT2D eigenvalue weighted by atomic mass is 32.1. The number of fused-ring (bicyclic) bond motifs is 5. The highest BCUT2D eigenvalue weighted by Gasteiger charge is 2.59. The van der Waals surface area contributed by atoms with E-state index in [4.69, 9.17) is 0 Å². The summed E-state index contributed by atoms with van der Waals surface area (Å²) in [6.07, 6.45) is 0.308. The predicted octanol–water partition coefficient (Wildman–Crippen LogP) is 3.19. The Kier molecular flexibility index (Phi) is 4.77. The minimum absolute atomic E-state index is 0.0816. The third-order valence-corrected chi connectivity index (χ3v) is 6.89. The van der Waals surface area contributed by atoms with Crippen molar-refractivity contribution in [1.82, 2.24) is 15.5 Å². The van der Waals surface area contributed by atoms with E-state index in [1.807, 2.05) is 12.2 Å². The zero-order valence-corrected chi connectivity index (χ0v) is 17.1. The Morgan fingerprint density at radius 3 is 2.25 bits per heavy atom. The third-order valence-electron chi connectivity index (χ3n) is 6.01. The van der Waals surface area contributed by atoms with E-state index in [1.54, 1.807) is 24.3 Å². The molecule has 1 saturated heterocycles. The van der Waals surface area contributed by atoms with Gasteiger partial charge in [0.2, 0.25) is 22.0 Å². The number of alkyl halides is 3. The molecule has 4 unspecified atom stereocenters. The van der Waals surface area contributed by atoms with E-state index in [0.29, 0.717) is 11.3 Å². The Morgan fingerprint density at radius 2 is 1.69 bits per heavy atom. The van der Waals surface area contributed by atoms with Crippen molar-refractivity contribution in [3.05, 3.63) is 47.0 Å². The maximum Gasteiger partial charge on any atom is 0.445 e. The van der Waals surface area contributed by atoms with Crippen molar-refractivity contribution in [2.75, 3.05) is 10.2 Å². The lowest BCUT2D eigenvalue weighted by Gasteiger charge is -2.17. The van der Waals surface area contributed by atoms with Crippen LogP contribution in [-0.2, 0) is 22.3 Å². The molecular weight excluding hydrogens is 447 g/mol. The molecule has 12 heteroatoms. The molecule has 4 amide bonds. The smallest absolute Gasteiger partial charge is 0.334 e. The molecule has 2 N–H and O–H groups in total. The molecule has 0 spiro atoms. The van der Waals surface area contributed by atoms with Gasteiger partial charge >= 0.3 is 12.2 Å². The van der Waals surface area contributed by atoms with E-state index in [2.05, 4.69) is 20.8 Å². The van der Waals surface area contributed by atoms with E-state index in [9.17, 15) is 27.6 Å². The van der Waals surface area contributed by atoms with Gasteiger partial charge in [0.15, 0.2) is 0 Å². The number of amides is 4. The number of halogens is 3. The van der Waals surface area contributed by atoms with Gasteiger partial charge in [-0.3, -0.25) is 19.8 Å². The van der Waals surface area contributed by atoms with Gasteiger partial charge in [-0.15, -0.1) is 10.2 Å². The molecule has 2 heterocycles. The van der Waals surface area contributed by atoms with Gasteiger partial charge in [-0.05, 0) is 36.0 Å². The van der Waals surface area contributed by atoms with Crippen LogP contribution in [0.5, 0.6) is 0 Å². The first-order chi connectivity index (χ1) is 15.2. The Balaban J connectivity index is 1.19. The molecule has 4 atom stereocenters. The van der Waals surface area contributed by atoms with Gasteiger partial charge in [-0.2, -0.15) is 13.2 Å². The van der Waals surface area contributed by atoms with Crippen LogP contribution >= 0.6 is 11.3 Å². The van der Waals surface area contributed by atoms with Crippen LogP contribution in [0.4, 0.5) is 28.8 Å². The van der Waals surface area contributed by atoms with Gasteiger partial charge in [0, 0.05) is 6.54 Å². The van der Waals surface area contributed by atoms with Crippen LogP contribution in [0.15, 0.2) is 36.4 Å². The van der Waals surface area contributed by atoms with Gasteiger partial charge in [-0.1, -0.05) is 35.6 Å². The maximum atomic E-state index is 12.9. The maximum absolute atomic E-state index is 12.9. The van der Waals surface area contributed by atoms with Crippen LogP contribution in [-0.4, -0.2) is 28.0 Å². The molecule has 8 nitrogen and oxygen atoms in total. The summed E-state index contributed by atoms with van der Waals surface area (Å²) in [6, 6.07) is 5.89. The average molecular weight is 463 g/mol. The first-order valence-electron chi connectivity index (χ1n) is 9.83. The van der Waals surface area contributed by atoms with E-state index in [-0.39, 0.29) is 58.5 Å². The van der Waals surface area contributed by atoms with Gasteiger partial charge in [-0.25, -0.2) is 4.79 Å². The Bertz CT molecular complexity index is 1100. The summed E-state index contributed by atoms with van der Waals surface area (Å²) in [6.45, 7) is 0.0816. The Hall–Kier alpha value is -3.28. The second kappa shape index (κ2) is 7.40. The van der Waals surface area contributed by atoms with Crippen molar-refractivity contribution in [2.24, 2.45) is 23.7 Å². The Labute approximate surface area is 183 Å². The summed E-state index contributed by atoms with van der Waals surface area (Å²) in [5.74, 6) is -0.626. The number of carbonyl (C=O) groups is 3. The molecule has 2 fully saturated rings. The summed E-state index contributed by atoms with van der Waals surface area (Å²) < 4.78 is 37.6. The molecule has 1 aromatic carbocycles. The number of benzene rings is 1. The monoisotopic (exact) mass is 463 g/mol. The van der Waals surface area contributed by atoms with Crippen LogP contribution in [0.3, 0.4) is 0 Å². The lowest BCUT2D eigenvalue weighted by atomic mass is 9.85. The molecular formula is C20H16F3N5O3S. The van der Waals surface area contributed by atoms with Crippen LogP contribution in [0.2, 0.25) is 0 Å². The van der Waals surface area contributed by atoms with E-state index >= 15 is 0 Å². The summed E-state index contributed by atoms with van der Waals surface area (Å²) in [5, 5.41) is 9.56. The topological polar surface area (TPSA) is 104 Å². The first-order valence-corrected chi connectivity index (χ1v) is 10.6. The second-order valence-electron chi connectivity index (χ2n) is 7.90. The number of aromatic nitrogens is 2. The van der Waals surface area contributed by atoms with Crippen molar-refractivity contribution in [2.45, 2.75) is 19.1 Å². The van der Waals surface area contributed by atoms with Crippen molar-refractivity contribution in [3.63, 3.8) is 0 Å². The molecule has 2 aromatic rings. The molecule has 2 aliphatic carbocycles. The zero-order chi connectivity index (χ0) is 22.6. The molecule has 1 saturated carbocycles. The number of rotatable bonds is 4. The zero-order valence-electron chi connectivity index (χ0n) is 16.3. The molecule has 32 heavy (non-hydrogen) atoms. The summed E-state index contributed by atoms with van der Waals surface area (Å²) in [5.41, 5.74) is 1.16. The second-order valence-corrected chi connectivity index (χ2v) is 8.87. The van der Waals surface area contributed by atoms with Gasteiger partial charge in [0.05, 0.1) is 17.5 Å². The fraction of sp³-hybridized carbons (Fsp3) is 0.350. The van der Waals surface area contributed by atoms with E-state index in [0.717, 1.165) is 6.42 Å². The van der Waals surface area contributed by atoms with Crippen molar-refractivity contribution in [3.8, 4) is 0 Å². The lowest BCUT2D eigenvalue weighted by Crippen LogP contribution is -2.32.